The zero-order chi connectivity index (χ0) is 18.7. The summed E-state index contributed by atoms with van der Waals surface area (Å²) < 4.78 is 10.0. The van der Waals surface area contributed by atoms with Crippen molar-refractivity contribution in [2.75, 3.05) is 6.61 Å². The van der Waals surface area contributed by atoms with Crippen molar-refractivity contribution in [1.82, 2.24) is 10.5 Å². The third-order valence-corrected chi connectivity index (χ3v) is 4.82. The van der Waals surface area contributed by atoms with Gasteiger partial charge in [0.1, 0.15) is 11.3 Å². The van der Waals surface area contributed by atoms with Gasteiger partial charge in [-0.15, -0.1) is 0 Å². The van der Waals surface area contributed by atoms with Crippen molar-refractivity contribution < 1.29 is 18.8 Å². The van der Waals surface area contributed by atoms with E-state index in [4.69, 9.17) is 9.26 Å². The Morgan fingerprint density at radius 2 is 1.96 bits per heavy atom. The highest BCUT2D eigenvalue weighted by molar-refractivity contribution is 5.93. The third kappa shape index (κ3) is 3.95. The Bertz CT molecular complexity index is 806. The summed E-state index contributed by atoms with van der Waals surface area (Å²) >= 11 is 0. The van der Waals surface area contributed by atoms with Crippen LogP contribution in [0.4, 0.5) is 0 Å². The quantitative estimate of drug-likeness (QED) is 0.832. The van der Waals surface area contributed by atoms with Crippen LogP contribution in [0.3, 0.4) is 0 Å². The number of rotatable bonds is 5. The maximum absolute atomic E-state index is 12.1. The normalized spacial score (nSPS) is 14.4. The van der Waals surface area contributed by atoms with Crippen LogP contribution in [0.5, 0.6) is 0 Å². The molecule has 1 aliphatic rings. The predicted octanol–water partition coefficient (Wildman–Crippen LogP) is 3.20. The summed E-state index contributed by atoms with van der Waals surface area (Å²) in [5, 5.41) is 6.59. The number of carbonyl (C=O) groups excluding carboxylic acids is 2. The van der Waals surface area contributed by atoms with Crippen LogP contribution in [0.15, 0.2) is 22.7 Å². The topological polar surface area (TPSA) is 81.4 Å². The van der Waals surface area contributed by atoms with Crippen LogP contribution in [0.1, 0.15) is 64.3 Å². The van der Waals surface area contributed by atoms with Crippen LogP contribution in [0.25, 0.3) is 0 Å². The molecule has 0 saturated heterocycles. The Kier molecular flexibility index (Phi) is 5.40. The third-order valence-electron chi connectivity index (χ3n) is 4.82. The van der Waals surface area contributed by atoms with E-state index >= 15 is 0 Å². The van der Waals surface area contributed by atoms with Crippen molar-refractivity contribution >= 4 is 11.9 Å². The number of amides is 1. The molecule has 0 unspecified atom stereocenters. The number of nitrogens with one attached hydrogen (secondary N) is 1. The van der Waals surface area contributed by atoms with E-state index in [-0.39, 0.29) is 24.1 Å². The van der Waals surface area contributed by atoms with E-state index in [1.807, 2.05) is 6.92 Å². The van der Waals surface area contributed by atoms with Crippen LogP contribution in [-0.4, -0.2) is 23.6 Å². The van der Waals surface area contributed by atoms with E-state index in [0.717, 1.165) is 18.4 Å². The smallest absolute Gasteiger partial charge is 0.344 e. The fourth-order valence-corrected chi connectivity index (χ4v) is 3.37. The molecule has 1 aliphatic carbocycles. The van der Waals surface area contributed by atoms with E-state index < -0.39 is 5.97 Å². The van der Waals surface area contributed by atoms with Crippen molar-refractivity contribution in [3.8, 4) is 0 Å². The first-order valence-electron chi connectivity index (χ1n) is 8.96. The van der Waals surface area contributed by atoms with Gasteiger partial charge < -0.3 is 14.6 Å². The fourth-order valence-electron chi connectivity index (χ4n) is 3.37. The number of hydrogen-bond acceptors (Lipinski definition) is 5. The van der Waals surface area contributed by atoms with Gasteiger partial charge in [-0.05, 0) is 63.1 Å². The Balaban J connectivity index is 1.55. The molecule has 0 bridgehead atoms. The molecular weight excluding hydrogens is 332 g/mol. The first-order chi connectivity index (χ1) is 12.5. The van der Waals surface area contributed by atoms with Crippen LogP contribution in [-0.2, 0) is 22.4 Å². The maximum atomic E-state index is 12.1. The number of aryl methyl sites for hydroxylation is 4. The monoisotopic (exact) mass is 356 g/mol. The van der Waals surface area contributed by atoms with Crippen molar-refractivity contribution in [1.29, 1.82) is 0 Å². The molecule has 6 nitrogen and oxygen atoms in total. The molecule has 1 aromatic carbocycles. The molecule has 6 heteroatoms. The number of carbonyl (C=O) groups is 2. The van der Waals surface area contributed by atoms with Crippen LogP contribution in [0.2, 0.25) is 0 Å². The van der Waals surface area contributed by atoms with Crippen molar-refractivity contribution in [3.63, 3.8) is 0 Å². The summed E-state index contributed by atoms with van der Waals surface area (Å²) in [5.74, 6) is -0.552. The number of benzene rings is 1. The molecule has 1 heterocycles. The van der Waals surface area contributed by atoms with Crippen molar-refractivity contribution in [3.05, 3.63) is 51.9 Å². The number of fused-ring (bicyclic) bond motifs is 1. The predicted molar refractivity (Wildman–Crippen MR) is 95.9 cm³/mol. The van der Waals surface area contributed by atoms with Gasteiger partial charge in [-0.3, -0.25) is 4.79 Å². The fraction of sp³-hybridized carbons (Fsp3) is 0.450. The Hall–Kier alpha value is -2.63. The minimum atomic E-state index is -0.599. The van der Waals surface area contributed by atoms with Crippen molar-refractivity contribution in [2.24, 2.45) is 0 Å². The van der Waals surface area contributed by atoms with Gasteiger partial charge in [0, 0.05) is 0 Å². The molecule has 2 aromatic rings. The molecular formula is C20H24N2O4. The van der Waals surface area contributed by atoms with E-state index in [2.05, 4.69) is 28.7 Å². The molecule has 0 saturated carbocycles. The highest BCUT2D eigenvalue weighted by Crippen LogP contribution is 2.24. The minimum Gasteiger partial charge on any atom is -0.452 e. The number of nitrogens with zero attached hydrogens (tertiary/aromatic N) is 1. The Morgan fingerprint density at radius 3 is 2.65 bits per heavy atom. The second kappa shape index (κ2) is 7.72. The molecule has 1 aromatic heterocycles. The van der Waals surface area contributed by atoms with Crippen LogP contribution >= 0.6 is 0 Å². The van der Waals surface area contributed by atoms with Gasteiger partial charge >= 0.3 is 5.97 Å². The second-order valence-electron chi connectivity index (χ2n) is 6.80. The van der Waals surface area contributed by atoms with Gasteiger partial charge in [-0.25, -0.2) is 4.79 Å². The van der Waals surface area contributed by atoms with E-state index in [9.17, 15) is 9.59 Å². The van der Waals surface area contributed by atoms with Gasteiger partial charge in [0.05, 0.1) is 11.7 Å². The molecule has 0 fully saturated rings. The highest BCUT2D eigenvalue weighted by Gasteiger charge is 2.20. The number of esters is 1. The number of hydrogen-bond donors (Lipinski definition) is 1. The molecule has 1 atom stereocenters. The van der Waals surface area contributed by atoms with Crippen molar-refractivity contribution in [2.45, 2.75) is 52.5 Å². The second-order valence-corrected chi connectivity index (χ2v) is 6.80. The van der Waals surface area contributed by atoms with Gasteiger partial charge in [0.25, 0.3) is 5.91 Å². The highest BCUT2D eigenvalue weighted by atomic mass is 16.5. The SMILES string of the molecule is Cc1noc(C)c1C(=O)OCC(=O)N[C@H](C)c1ccc2c(c1)CCCC2. The molecule has 26 heavy (non-hydrogen) atoms. The van der Waals surface area contributed by atoms with Crippen LogP contribution < -0.4 is 5.32 Å². The molecule has 138 valence electrons. The van der Waals surface area contributed by atoms with Gasteiger partial charge in [0.2, 0.25) is 0 Å². The molecule has 0 aliphatic heterocycles. The first-order valence-corrected chi connectivity index (χ1v) is 8.96. The van der Waals surface area contributed by atoms with Gasteiger partial charge in [0.15, 0.2) is 6.61 Å². The summed E-state index contributed by atoms with van der Waals surface area (Å²) in [4.78, 5) is 24.2. The maximum Gasteiger partial charge on any atom is 0.344 e. The molecule has 1 N–H and O–H groups in total. The number of ether oxygens (including phenoxy) is 1. The number of aromatic nitrogens is 1. The Labute approximate surface area is 152 Å². The van der Waals surface area contributed by atoms with Gasteiger partial charge in [-0.2, -0.15) is 0 Å². The van der Waals surface area contributed by atoms with E-state index in [1.54, 1.807) is 13.8 Å². The molecule has 0 radical (unpaired) electrons. The summed E-state index contributed by atoms with van der Waals surface area (Å²) in [5.41, 5.74) is 4.58. The lowest BCUT2D eigenvalue weighted by molar-refractivity contribution is -0.124. The lowest BCUT2D eigenvalue weighted by Crippen LogP contribution is -2.31. The standard InChI is InChI=1S/C20H24N2O4/c1-12(16-9-8-15-6-4-5-7-17(15)10-16)21-18(23)11-25-20(24)19-13(2)22-26-14(19)3/h8-10,12H,4-7,11H2,1-3H3,(H,21,23)/t12-/m1/s1. The zero-order valence-corrected chi connectivity index (χ0v) is 15.4. The average Bonchev–Trinajstić information content (AvgIpc) is 2.97. The largest absolute Gasteiger partial charge is 0.452 e. The first kappa shape index (κ1) is 18.2. The molecule has 1 amide bonds. The van der Waals surface area contributed by atoms with E-state index in [0.29, 0.717) is 11.5 Å². The molecule has 0 spiro atoms. The Morgan fingerprint density at radius 1 is 1.23 bits per heavy atom. The summed E-state index contributed by atoms with van der Waals surface area (Å²) in [6.07, 6.45) is 4.69. The van der Waals surface area contributed by atoms with E-state index in [1.165, 1.54) is 24.0 Å². The lowest BCUT2D eigenvalue weighted by atomic mass is 9.89. The zero-order valence-electron chi connectivity index (χ0n) is 15.4. The lowest BCUT2D eigenvalue weighted by Gasteiger charge is -2.20. The summed E-state index contributed by atoms with van der Waals surface area (Å²) in [7, 11) is 0. The minimum absolute atomic E-state index is 0.146. The van der Waals surface area contributed by atoms with Gasteiger partial charge in [-0.1, -0.05) is 23.4 Å². The summed E-state index contributed by atoms with van der Waals surface area (Å²) in [6, 6.07) is 6.25. The average molecular weight is 356 g/mol. The van der Waals surface area contributed by atoms with Crippen LogP contribution in [0, 0.1) is 13.8 Å². The summed E-state index contributed by atoms with van der Waals surface area (Å²) in [6.45, 7) is 4.89. The molecule has 3 rings (SSSR count).